The van der Waals surface area contributed by atoms with E-state index in [9.17, 15) is 4.79 Å². The SMILES string of the molecule is O=C(NC1CC(O)C1)c1cnc[nH]1. The fraction of sp³-hybridized carbons (Fsp3) is 0.500. The van der Waals surface area contributed by atoms with Crippen LogP contribution in [0, 0.1) is 0 Å². The maximum atomic E-state index is 11.4. The molecule has 1 fully saturated rings. The van der Waals surface area contributed by atoms with Crippen LogP contribution in [0.2, 0.25) is 0 Å². The summed E-state index contributed by atoms with van der Waals surface area (Å²) in [7, 11) is 0. The summed E-state index contributed by atoms with van der Waals surface area (Å²) in [4.78, 5) is 17.8. The van der Waals surface area contributed by atoms with E-state index in [1.54, 1.807) is 0 Å². The molecule has 0 bridgehead atoms. The molecule has 70 valence electrons. The number of aromatic amines is 1. The Hall–Kier alpha value is -1.36. The van der Waals surface area contributed by atoms with E-state index in [-0.39, 0.29) is 18.1 Å². The average molecular weight is 181 g/mol. The minimum absolute atomic E-state index is 0.116. The summed E-state index contributed by atoms with van der Waals surface area (Å²) in [5, 5.41) is 11.8. The predicted octanol–water partition coefficient (Wildman–Crippen LogP) is -0.337. The number of H-pyrrole nitrogens is 1. The normalized spacial score (nSPS) is 26.5. The average Bonchev–Trinajstić information content (AvgIpc) is 2.53. The Morgan fingerprint density at radius 3 is 3.00 bits per heavy atom. The molecule has 1 aliphatic rings. The van der Waals surface area contributed by atoms with Gasteiger partial charge in [0.15, 0.2) is 0 Å². The van der Waals surface area contributed by atoms with Crippen LogP contribution >= 0.6 is 0 Å². The molecule has 0 aromatic carbocycles. The lowest BCUT2D eigenvalue weighted by Gasteiger charge is -2.31. The Balaban J connectivity index is 1.86. The summed E-state index contributed by atoms with van der Waals surface area (Å²) in [5.41, 5.74) is 0.460. The van der Waals surface area contributed by atoms with Gasteiger partial charge in [-0.15, -0.1) is 0 Å². The van der Waals surface area contributed by atoms with Crippen molar-refractivity contribution in [3.05, 3.63) is 18.2 Å². The van der Waals surface area contributed by atoms with Crippen molar-refractivity contribution in [1.82, 2.24) is 15.3 Å². The number of hydrogen-bond donors (Lipinski definition) is 3. The number of carbonyl (C=O) groups excluding carboxylic acids is 1. The minimum Gasteiger partial charge on any atom is -0.393 e. The van der Waals surface area contributed by atoms with Crippen molar-refractivity contribution in [1.29, 1.82) is 0 Å². The van der Waals surface area contributed by atoms with Crippen molar-refractivity contribution in [2.75, 3.05) is 0 Å². The monoisotopic (exact) mass is 181 g/mol. The van der Waals surface area contributed by atoms with Crippen molar-refractivity contribution >= 4 is 5.91 Å². The number of carbonyl (C=O) groups is 1. The van der Waals surface area contributed by atoms with Crippen LogP contribution in [0.15, 0.2) is 12.5 Å². The highest BCUT2D eigenvalue weighted by Crippen LogP contribution is 2.19. The summed E-state index contributed by atoms with van der Waals surface area (Å²) in [6, 6.07) is 0.116. The Morgan fingerprint density at radius 1 is 1.69 bits per heavy atom. The Bertz CT molecular complexity index is 290. The van der Waals surface area contributed by atoms with E-state index in [1.807, 2.05) is 0 Å². The van der Waals surface area contributed by atoms with E-state index in [0.717, 1.165) is 0 Å². The molecule has 1 saturated carbocycles. The van der Waals surface area contributed by atoms with Gasteiger partial charge < -0.3 is 15.4 Å². The van der Waals surface area contributed by atoms with Gasteiger partial charge >= 0.3 is 0 Å². The third-order valence-corrected chi connectivity index (χ3v) is 2.19. The van der Waals surface area contributed by atoms with Crippen molar-refractivity contribution in [3.8, 4) is 0 Å². The van der Waals surface area contributed by atoms with Gasteiger partial charge in [-0.2, -0.15) is 0 Å². The van der Waals surface area contributed by atoms with Gasteiger partial charge in [-0.1, -0.05) is 0 Å². The van der Waals surface area contributed by atoms with Crippen LogP contribution in [0.3, 0.4) is 0 Å². The second-order valence-corrected chi connectivity index (χ2v) is 3.26. The second-order valence-electron chi connectivity index (χ2n) is 3.26. The van der Waals surface area contributed by atoms with E-state index >= 15 is 0 Å². The molecule has 1 aliphatic carbocycles. The number of amides is 1. The zero-order valence-electron chi connectivity index (χ0n) is 7.03. The third kappa shape index (κ3) is 1.70. The van der Waals surface area contributed by atoms with Crippen LogP contribution in [-0.4, -0.2) is 33.1 Å². The van der Waals surface area contributed by atoms with Gasteiger partial charge in [0.05, 0.1) is 18.6 Å². The van der Waals surface area contributed by atoms with Gasteiger partial charge in [0.25, 0.3) is 5.91 Å². The molecule has 0 radical (unpaired) electrons. The zero-order valence-corrected chi connectivity index (χ0v) is 7.03. The molecule has 5 nitrogen and oxygen atoms in total. The number of aliphatic hydroxyl groups excluding tert-OH is 1. The first kappa shape index (κ1) is 8.25. The van der Waals surface area contributed by atoms with Crippen molar-refractivity contribution in [3.63, 3.8) is 0 Å². The number of imidazole rings is 1. The summed E-state index contributed by atoms with van der Waals surface area (Å²) in [5.74, 6) is -0.158. The summed E-state index contributed by atoms with van der Waals surface area (Å²) < 4.78 is 0. The molecule has 0 atom stereocenters. The van der Waals surface area contributed by atoms with Crippen molar-refractivity contribution in [2.24, 2.45) is 0 Å². The molecule has 0 unspecified atom stereocenters. The van der Waals surface area contributed by atoms with Crippen LogP contribution in [0.4, 0.5) is 0 Å². The molecular weight excluding hydrogens is 170 g/mol. The molecule has 1 amide bonds. The first-order valence-corrected chi connectivity index (χ1v) is 4.23. The smallest absolute Gasteiger partial charge is 0.269 e. The summed E-state index contributed by atoms with van der Waals surface area (Å²) in [6.07, 6.45) is 4.00. The third-order valence-electron chi connectivity index (χ3n) is 2.19. The van der Waals surface area contributed by atoms with Gasteiger partial charge in [-0.25, -0.2) is 4.98 Å². The minimum atomic E-state index is -0.243. The molecule has 1 aromatic heterocycles. The predicted molar refractivity (Wildman–Crippen MR) is 45.1 cm³/mol. The summed E-state index contributed by atoms with van der Waals surface area (Å²) >= 11 is 0. The molecule has 1 aromatic rings. The van der Waals surface area contributed by atoms with E-state index in [2.05, 4.69) is 15.3 Å². The lowest BCUT2D eigenvalue weighted by molar-refractivity contribution is 0.0561. The molecule has 2 rings (SSSR count). The number of nitrogens with zero attached hydrogens (tertiary/aromatic N) is 1. The van der Waals surface area contributed by atoms with Crippen LogP contribution in [-0.2, 0) is 0 Å². The molecule has 1 heterocycles. The Morgan fingerprint density at radius 2 is 2.46 bits per heavy atom. The van der Waals surface area contributed by atoms with Gasteiger partial charge in [-0.3, -0.25) is 4.79 Å². The van der Waals surface area contributed by atoms with Crippen LogP contribution in [0.25, 0.3) is 0 Å². The molecule has 5 heteroatoms. The number of rotatable bonds is 2. The number of hydrogen-bond acceptors (Lipinski definition) is 3. The van der Waals surface area contributed by atoms with Gasteiger partial charge in [0.1, 0.15) is 5.69 Å². The second kappa shape index (κ2) is 3.18. The molecule has 0 aliphatic heterocycles. The summed E-state index contributed by atoms with van der Waals surface area (Å²) in [6.45, 7) is 0. The molecule has 0 spiro atoms. The highest BCUT2D eigenvalue weighted by Gasteiger charge is 2.28. The number of nitrogens with one attached hydrogen (secondary N) is 2. The van der Waals surface area contributed by atoms with Gasteiger partial charge in [-0.05, 0) is 12.8 Å². The van der Waals surface area contributed by atoms with Crippen LogP contribution < -0.4 is 5.32 Å². The highest BCUT2D eigenvalue weighted by molar-refractivity contribution is 5.92. The van der Waals surface area contributed by atoms with Gasteiger partial charge in [0, 0.05) is 6.04 Å². The van der Waals surface area contributed by atoms with E-state index in [1.165, 1.54) is 12.5 Å². The van der Waals surface area contributed by atoms with Crippen LogP contribution in [0.1, 0.15) is 23.3 Å². The Kier molecular flexibility index (Phi) is 2.02. The number of aliphatic hydroxyl groups is 1. The lowest BCUT2D eigenvalue weighted by atomic mass is 9.89. The molecule has 0 saturated heterocycles. The maximum Gasteiger partial charge on any atom is 0.269 e. The largest absolute Gasteiger partial charge is 0.393 e. The Labute approximate surface area is 75.2 Å². The zero-order chi connectivity index (χ0) is 9.26. The fourth-order valence-electron chi connectivity index (χ4n) is 1.35. The maximum absolute atomic E-state index is 11.4. The topological polar surface area (TPSA) is 78.0 Å². The van der Waals surface area contributed by atoms with E-state index < -0.39 is 0 Å². The van der Waals surface area contributed by atoms with E-state index in [4.69, 9.17) is 5.11 Å². The van der Waals surface area contributed by atoms with Crippen molar-refractivity contribution in [2.45, 2.75) is 25.0 Å². The first-order chi connectivity index (χ1) is 6.25. The van der Waals surface area contributed by atoms with Crippen molar-refractivity contribution < 1.29 is 9.90 Å². The molecule has 13 heavy (non-hydrogen) atoms. The van der Waals surface area contributed by atoms with Gasteiger partial charge in [0.2, 0.25) is 0 Å². The quantitative estimate of drug-likeness (QED) is 0.584. The standard InChI is InChI=1S/C8H11N3O2/c12-6-1-5(2-6)11-8(13)7-3-9-4-10-7/h3-6,12H,1-2H2,(H,9,10)(H,11,13). The fourth-order valence-corrected chi connectivity index (χ4v) is 1.35. The van der Waals surface area contributed by atoms with E-state index in [0.29, 0.717) is 18.5 Å². The lowest BCUT2D eigenvalue weighted by Crippen LogP contribution is -2.46. The first-order valence-electron chi connectivity index (χ1n) is 4.23. The highest BCUT2D eigenvalue weighted by atomic mass is 16.3. The number of aromatic nitrogens is 2. The van der Waals surface area contributed by atoms with Crippen LogP contribution in [0.5, 0.6) is 0 Å². The molecule has 3 N–H and O–H groups in total. The molecular formula is C8H11N3O2.